The van der Waals surface area contributed by atoms with E-state index < -0.39 is 76.2 Å². The molecule has 20 nitrogen and oxygen atoms in total. The number of hydrogen-bond acceptors (Lipinski definition) is 12. The summed E-state index contributed by atoms with van der Waals surface area (Å²) in [6, 6.07) is -4.61. The summed E-state index contributed by atoms with van der Waals surface area (Å²) in [7, 11) is -4.57. The molecule has 0 spiro atoms. The van der Waals surface area contributed by atoms with Crippen molar-refractivity contribution in [3.8, 4) is 0 Å². The van der Waals surface area contributed by atoms with E-state index in [4.69, 9.17) is 19.8 Å². The van der Waals surface area contributed by atoms with Crippen LogP contribution in [0, 0.1) is 0 Å². The summed E-state index contributed by atoms with van der Waals surface area (Å²) in [4.78, 5) is 81.8. The molecule has 0 aromatic heterocycles. The second-order valence-corrected chi connectivity index (χ2v) is 10.9. The zero-order chi connectivity index (χ0) is 34.4. The highest BCUT2D eigenvalue weighted by atomic mass is 32.2. The van der Waals surface area contributed by atoms with E-state index in [2.05, 4.69) is 21.3 Å². The lowest BCUT2D eigenvalue weighted by Gasteiger charge is -2.17. The molecule has 0 saturated carbocycles. The molecule has 45 heavy (non-hydrogen) atoms. The van der Waals surface area contributed by atoms with Crippen LogP contribution in [0.1, 0.15) is 39.0 Å². The Bertz CT molecular complexity index is 1120. The van der Waals surface area contributed by atoms with Crippen LogP contribution in [0.2, 0.25) is 0 Å². The van der Waals surface area contributed by atoms with Gasteiger partial charge in [0, 0.05) is 25.9 Å². The summed E-state index contributed by atoms with van der Waals surface area (Å²) in [6.45, 7) is 1.59. The van der Waals surface area contributed by atoms with Gasteiger partial charge in [0.05, 0.1) is 32.1 Å². The maximum atomic E-state index is 12.0. The van der Waals surface area contributed by atoms with Crippen molar-refractivity contribution in [3.63, 3.8) is 0 Å². The number of nitrogens with one attached hydrogen (secondary N) is 5. The van der Waals surface area contributed by atoms with Gasteiger partial charge in [-0.15, -0.1) is 0 Å². The number of carboxylic acid groups (broad SMARTS) is 2. The number of hydrogen-bond donors (Lipinski definition) is 9. The molecule has 0 aliphatic rings. The Kier molecular flexibility index (Phi) is 20.6. The molecule has 0 aliphatic heterocycles. The van der Waals surface area contributed by atoms with Gasteiger partial charge in [0.25, 0.3) is 10.1 Å². The molecule has 0 aromatic carbocycles. The van der Waals surface area contributed by atoms with Gasteiger partial charge in [-0.05, 0) is 19.3 Å². The first-order chi connectivity index (χ1) is 21.0. The zero-order valence-electron chi connectivity index (χ0n) is 24.7. The average molecular weight is 671 g/mol. The smallest absolute Gasteiger partial charge is 0.326 e. The van der Waals surface area contributed by atoms with Crippen molar-refractivity contribution in [2.24, 2.45) is 5.73 Å². The molecule has 0 fully saturated rings. The SMILES string of the molecule is CCCNC(=O)CNC(=O)CCC(NC(=O)COCCOCCNC(=O)CCC(NC(=O)C(N)CS(=O)(=O)O)C(=O)O)C(=O)O. The average Bonchev–Trinajstić information content (AvgIpc) is 2.94. The number of carbonyl (C=O) groups excluding carboxylic acids is 5. The summed E-state index contributed by atoms with van der Waals surface area (Å²) in [5, 5.41) is 30.1. The molecule has 0 aliphatic carbocycles. The number of aliphatic carboxylic acids is 2. The minimum absolute atomic E-state index is 0.00838. The lowest BCUT2D eigenvalue weighted by molar-refractivity contribution is -0.143. The van der Waals surface area contributed by atoms with Crippen LogP contribution in [-0.2, 0) is 53.2 Å². The monoisotopic (exact) mass is 670 g/mol. The minimum Gasteiger partial charge on any atom is -0.480 e. The molecule has 3 atom stereocenters. The van der Waals surface area contributed by atoms with Crippen molar-refractivity contribution in [1.29, 1.82) is 0 Å². The summed E-state index contributed by atoms with van der Waals surface area (Å²) in [5.41, 5.74) is 5.31. The number of nitrogens with two attached hydrogens (primary N) is 1. The summed E-state index contributed by atoms with van der Waals surface area (Å²) < 4.78 is 40.7. The van der Waals surface area contributed by atoms with Crippen LogP contribution in [0.25, 0.3) is 0 Å². The molecule has 3 unspecified atom stereocenters. The lowest BCUT2D eigenvalue weighted by atomic mass is 10.1. The van der Waals surface area contributed by atoms with Crippen LogP contribution >= 0.6 is 0 Å². The van der Waals surface area contributed by atoms with E-state index >= 15 is 0 Å². The van der Waals surface area contributed by atoms with Crippen molar-refractivity contribution in [3.05, 3.63) is 0 Å². The Morgan fingerprint density at radius 3 is 1.82 bits per heavy atom. The maximum Gasteiger partial charge on any atom is 0.326 e. The van der Waals surface area contributed by atoms with Crippen LogP contribution in [-0.4, -0.2) is 135 Å². The van der Waals surface area contributed by atoms with Gasteiger partial charge >= 0.3 is 11.9 Å². The normalized spacial score (nSPS) is 13.0. The Hall–Kier alpha value is -3.92. The quantitative estimate of drug-likeness (QED) is 0.0328. The molecule has 0 heterocycles. The number of rotatable bonds is 25. The topological polar surface area (TPSA) is 319 Å². The van der Waals surface area contributed by atoms with Gasteiger partial charge in [-0.2, -0.15) is 8.42 Å². The molecule has 10 N–H and O–H groups in total. The van der Waals surface area contributed by atoms with E-state index in [9.17, 15) is 52.2 Å². The Morgan fingerprint density at radius 2 is 1.27 bits per heavy atom. The van der Waals surface area contributed by atoms with E-state index in [0.717, 1.165) is 6.42 Å². The van der Waals surface area contributed by atoms with Crippen molar-refractivity contribution < 1.29 is 66.2 Å². The van der Waals surface area contributed by atoms with Crippen LogP contribution in [0.15, 0.2) is 0 Å². The number of carbonyl (C=O) groups is 7. The molecule has 0 rings (SSSR count). The Labute approximate surface area is 259 Å². The third kappa shape index (κ3) is 22.3. The minimum atomic E-state index is -4.57. The lowest BCUT2D eigenvalue weighted by Crippen LogP contribution is -2.51. The fraction of sp³-hybridized carbons (Fsp3) is 0.708. The largest absolute Gasteiger partial charge is 0.480 e. The Balaban J connectivity index is 4.15. The molecular weight excluding hydrogens is 628 g/mol. The highest BCUT2D eigenvalue weighted by molar-refractivity contribution is 7.85. The maximum absolute atomic E-state index is 12.0. The molecule has 0 saturated heterocycles. The summed E-state index contributed by atoms with van der Waals surface area (Å²) >= 11 is 0. The van der Waals surface area contributed by atoms with E-state index in [-0.39, 0.29) is 64.5 Å². The van der Waals surface area contributed by atoms with E-state index in [0.29, 0.717) is 6.54 Å². The predicted molar refractivity (Wildman–Crippen MR) is 153 cm³/mol. The van der Waals surface area contributed by atoms with E-state index in [1.54, 1.807) is 0 Å². The molecule has 5 amide bonds. The number of carboxylic acids is 2. The Morgan fingerprint density at radius 1 is 0.733 bits per heavy atom. The predicted octanol–water partition coefficient (Wildman–Crippen LogP) is -4.31. The van der Waals surface area contributed by atoms with Crippen molar-refractivity contribution in [1.82, 2.24) is 26.6 Å². The van der Waals surface area contributed by atoms with Gasteiger partial charge < -0.3 is 52.0 Å². The fourth-order valence-electron chi connectivity index (χ4n) is 3.21. The molecule has 0 bridgehead atoms. The van der Waals surface area contributed by atoms with Crippen LogP contribution < -0.4 is 32.3 Å². The van der Waals surface area contributed by atoms with Gasteiger partial charge in [0.2, 0.25) is 29.5 Å². The van der Waals surface area contributed by atoms with Crippen LogP contribution in [0.5, 0.6) is 0 Å². The molecule has 0 aromatic rings. The number of ether oxygens (including phenoxy) is 2. The van der Waals surface area contributed by atoms with Crippen LogP contribution in [0.4, 0.5) is 0 Å². The second kappa shape index (κ2) is 22.6. The molecular formula is C24H42N6O14S. The van der Waals surface area contributed by atoms with E-state index in [1.807, 2.05) is 12.2 Å². The van der Waals surface area contributed by atoms with Crippen molar-refractivity contribution in [2.75, 3.05) is 51.8 Å². The van der Waals surface area contributed by atoms with Crippen LogP contribution in [0.3, 0.4) is 0 Å². The van der Waals surface area contributed by atoms with Gasteiger partial charge in [-0.3, -0.25) is 28.5 Å². The molecule has 258 valence electrons. The van der Waals surface area contributed by atoms with E-state index in [1.165, 1.54) is 0 Å². The van der Waals surface area contributed by atoms with Gasteiger partial charge in [0.1, 0.15) is 24.7 Å². The van der Waals surface area contributed by atoms with Crippen molar-refractivity contribution in [2.45, 2.75) is 57.2 Å². The zero-order valence-corrected chi connectivity index (χ0v) is 25.6. The van der Waals surface area contributed by atoms with Gasteiger partial charge in [-0.25, -0.2) is 9.59 Å². The third-order valence-corrected chi connectivity index (χ3v) is 6.27. The first kappa shape index (κ1) is 41.1. The number of amides is 5. The third-order valence-electron chi connectivity index (χ3n) is 5.49. The summed E-state index contributed by atoms with van der Waals surface area (Å²) in [5.74, 6) is -7.34. The molecule has 0 radical (unpaired) electrons. The first-order valence-corrected chi connectivity index (χ1v) is 15.4. The standard InChI is InChI=1S/C24H42N6O14S/c1-2-7-26-20(33)12-28-19(32)6-3-16(23(36)37)29-21(34)13-44-11-10-43-9-8-27-18(31)5-4-17(24(38)39)30-22(35)15(25)14-45(40,41)42/h15-17H,2-14,25H2,1H3,(H,26,33)(H,27,31)(H,28,32)(H,29,34)(H,30,35)(H,36,37)(H,38,39)(H,40,41,42). The highest BCUT2D eigenvalue weighted by Crippen LogP contribution is 2.01. The summed E-state index contributed by atoms with van der Waals surface area (Å²) in [6.07, 6.45) is -0.380. The molecule has 21 heteroatoms. The van der Waals surface area contributed by atoms with Gasteiger partial charge in [-0.1, -0.05) is 6.92 Å². The highest BCUT2D eigenvalue weighted by Gasteiger charge is 2.26. The van der Waals surface area contributed by atoms with Gasteiger partial charge in [0.15, 0.2) is 0 Å². The second-order valence-electron chi connectivity index (χ2n) is 9.43. The fourth-order valence-corrected chi connectivity index (χ4v) is 3.82. The van der Waals surface area contributed by atoms with Crippen molar-refractivity contribution >= 4 is 51.6 Å². The first-order valence-electron chi connectivity index (χ1n) is 13.8.